The van der Waals surface area contributed by atoms with Crippen LogP contribution in [0.15, 0.2) is 30.3 Å². The second-order valence-corrected chi connectivity index (χ2v) is 9.59. The molecule has 0 saturated carbocycles. The van der Waals surface area contributed by atoms with Crippen LogP contribution < -0.4 is 16.4 Å². The highest BCUT2D eigenvalue weighted by Gasteiger charge is 2.24. The van der Waals surface area contributed by atoms with Gasteiger partial charge in [-0.15, -0.1) is 0 Å². The van der Waals surface area contributed by atoms with Crippen LogP contribution in [-0.4, -0.2) is 77.4 Å². The Bertz CT molecular complexity index is 666. The number of carbonyl (C=O) groups is 2. The largest absolute Gasteiger partial charge is 0.480 e. The van der Waals surface area contributed by atoms with Gasteiger partial charge in [0.25, 0.3) is 0 Å². The van der Waals surface area contributed by atoms with E-state index in [9.17, 15) is 14.7 Å². The zero-order valence-corrected chi connectivity index (χ0v) is 21.2. The number of hydrogen-bond donors (Lipinski definition) is 5. The fourth-order valence-electron chi connectivity index (χ4n) is 3.34. The van der Waals surface area contributed by atoms with E-state index in [0.29, 0.717) is 43.5 Å². The molecule has 1 aromatic rings. The number of thiol groups is 1. The molecule has 0 aliphatic rings. The molecule has 7 nitrogen and oxygen atoms in total. The maximum absolute atomic E-state index is 12.8. The number of carboxylic acids is 1. The Labute approximate surface area is 202 Å². The summed E-state index contributed by atoms with van der Waals surface area (Å²) in [4.78, 5) is 26.4. The van der Waals surface area contributed by atoms with Gasteiger partial charge < -0.3 is 21.5 Å². The number of hydrogen-bond acceptors (Lipinski definition) is 7. The van der Waals surface area contributed by atoms with Crippen molar-refractivity contribution in [3.63, 3.8) is 0 Å². The lowest BCUT2D eigenvalue weighted by molar-refractivity contribution is -0.142. The lowest BCUT2D eigenvalue weighted by Gasteiger charge is -2.32. The van der Waals surface area contributed by atoms with Crippen LogP contribution in [-0.2, 0) is 16.1 Å². The first kappa shape index (κ1) is 28.8. The molecule has 0 heterocycles. The number of benzene rings is 1. The Morgan fingerprint density at radius 2 is 1.97 bits per heavy atom. The molecule has 0 unspecified atom stereocenters. The Hall–Kier alpha value is -1.26. The van der Waals surface area contributed by atoms with Gasteiger partial charge in [0.05, 0.1) is 6.54 Å². The van der Waals surface area contributed by atoms with Gasteiger partial charge in [-0.1, -0.05) is 50.6 Å². The molecular weight excluding hydrogens is 444 g/mol. The van der Waals surface area contributed by atoms with Gasteiger partial charge in [0.15, 0.2) is 0 Å². The quantitative estimate of drug-likeness (QED) is 0.216. The summed E-state index contributed by atoms with van der Waals surface area (Å²) in [5, 5.41) is 15.7. The lowest BCUT2D eigenvalue weighted by atomic mass is 9.98. The number of rotatable bonds is 17. The zero-order valence-electron chi connectivity index (χ0n) is 19.5. The first-order valence-corrected chi connectivity index (χ1v) is 13.2. The van der Waals surface area contributed by atoms with E-state index < -0.39 is 12.0 Å². The summed E-state index contributed by atoms with van der Waals surface area (Å²) in [6, 6.07) is 9.23. The Balaban J connectivity index is 2.92. The Morgan fingerprint density at radius 3 is 2.53 bits per heavy atom. The van der Waals surface area contributed by atoms with Crippen molar-refractivity contribution in [1.29, 1.82) is 0 Å². The summed E-state index contributed by atoms with van der Waals surface area (Å²) in [5.74, 6) is 0.391. The van der Waals surface area contributed by atoms with Crippen LogP contribution in [0.25, 0.3) is 0 Å². The van der Waals surface area contributed by atoms with Crippen LogP contribution >= 0.6 is 24.4 Å². The average Bonchev–Trinajstić information content (AvgIpc) is 2.78. The number of nitrogens with two attached hydrogens (primary N) is 1. The molecule has 4 atom stereocenters. The number of thioether (sulfide) groups is 1. The van der Waals surface area contributed by atoms with E-state index in [1.807, 2.05) is 36.6 Å². The van der Waals surface area contributed by atoms with Crippen molar-refractivity contribution >= 4 is 36.3 Å². The molecule has 0 aromatic heterocycles. The molecular formula is C23H40N4O3S2. The molecule has 0 aliphatic heterocycles. The molecule has 1 rings (SSSR count). The van der Waals surface area contributed by atoms with Gasteiger partial charge in [-0.25, -0.2) is 4.79 Å². The number of aliphatic carboxylic acids is 1. The van der Waals surface area contributed by atoms with Crippen LogP contribution in [0.4, 0.5) is 0 Å². The standard InChI is InChI=1S/C23H40N4O3S2/c1-4-17(2)21(25-12-19(24)16-31)14-27(13-18-8-6-5-7-9-18)15-22(28)26-20(23(29)30)10-11-32-3/h5-9,17,19-21,25,31H,4,10-16,24H2,1-3H3,(H,26,28)(H,29,30)/t17-,19-,20+,21-/m1/s1. The summed E-state index contributed by atoms with van der Waals surface area (Å²) >= 11 is 5.83. The Kier molecular flexibility index (Phi) is 14.7. The molecule has 5 N–H and O–H groups in total. The summed E-state index contributed by atoms with van der Waals surface area (Å²) in [5.41, 5.74) is 7.15. The van der Waals surface area contributed by atoms with Crippen LogP contribution in [0, 0.1) is 5.92 Å². The maximum atomic E-state index is 12.8. The van der Waals surface area contributed by atoms with Gasteiger partial charge in [0.1, 0.15) is 6.04 Å². The molecule has 0 fully saturated rings. The van der Waals surface area contributed by atoms with E-state index in [4.69, 9.17) is 5.73 Å². The second-order valence-electron chi connectivity index (χ2n) is 8.24. The molecule has 182 valence electrons. The third-order valence-corrected chi connectivity index (χ3v) is 6.64. The van der Waals surface area contributed by atoms with Crippen molar-refractivity contribution in [3.05, 3.63) is 35.9 Å². The number of nitrogens with one attached hydrogen (secondary N) is 2. The van der Waals surface area contributed by atoms with Crippen molar-refractivity contribution in [1.82, 2.24) is 15.5 Å². The van der Waals surface area contributed by atoms with Gasteiger partial charge in [-0.3, -0.25) is 9.69 Å². The van der Waals surface area contributed by atoms with Crippen LogP contribution in [0.3, 0.4) is 0 Å². The van der Waals surface area contributed by atoms with Crippen LogP contribution in [0.5, 0.6) is 0 Å². The van der Waals surface area contributed by atoms with Crippen molar-refractivity contribution in [3.8, 4) is 0 Å². The third kappa shape index (κ3) is 11.6. The highest BCUT2D eigenvalue weighted by atomic mass is 32.2. The number of amides is 1. The van der Waals surface area contributed by atoms with Crippen LogP contribution in [0.1, 0.15) is 32.3 Å². The SMILES string of the molecule is CC[C@@H](C)[C@@H](CN(CC(=O)N[C@@H](CCSC)C(=O)O)Cc1ccccc1)NC[C@@H](N)CS. The summed E-state index contributed by atoms with van der Waals surface area (Å²) in [6.07, 6.45) is 3.32. The predicted molar refractivity (Wildman–Crippen MR) is 137 cm³/mol. The molecule has 0 aliphatic carbocycles. The maximum Gasteiger partial charge on any atom is 0.326 e. The molecule has 32 heavy (non-hydrogen) atoms. The molecule has 9 heteroatoms. The molecule has 0 saturated heterocycles. The second kappa shape index (κ2) is 16.4. The summed E-state index contributed by atoms with van der Waals surface area (Å²) < 4.78 is 0. The zero-order chi connectivity index (χ0) is 23.9. The van der Waals surface area contributed by atoms with Gasteiger partial charge in [-0.05, 0) is 29.9 Å². The molecule has 1 amide bonds. The van der Waals surface area contributed by atoms with Gasteiger partial charge in [0, 0.05) is 37.5 Å². The van der Waals surface area contributed by atoms with E-state index in [-0.39, 0.29) is 24.5 Å². The smallest absolute Gasteiger partial charge is 0.326 e. The Morgan fingerprint density at radius 1 is 1.28 bits per heavy atom. The minimum atomic E-state index is -0.998. The molecule has 0 radical (unpaired) electrons. The first-order chi connectivity index (χ1) is 15.3. The summed E-state index contributed by atoms with van der Waals surface area (Å²) in [6.45, 7) is 6.37. The molecule has 0 bridgehead atoms. The summed E-state index contributed by atoms with van der Waals surface area (Å²) in [7, 11) is 0. The van der Waals surface area contributed by atoms with E-state index in [0.717, 1.165) is 12.0 Å². The normalized spacial score (nSPS) is 15.2. The number of nitrogens with zero attached hydrogens (tertiary/aromatic N) is 1. The van der Waals surface area contributed by atoms with Crippen LogP contribution in [0.2, 0.25) is 0 Å². The minimum Gasteiger partial charge on any atom is -0.480 e. The lowest BCUT2D eigenvalue weighted by Crippen LogP contribution is -2.51. The van der Waals surface area contributed by atoms with Gasteiger partial charge in [0.2, 0.25) is 5.91 Å². The van der Waals surface area contributed by atoms with E-state index in [1.165, 1.54) is 0 Å². The van der Waals surface area contributed by atoms with Gasteiger partial charge in [-0.2, -0.15) is 24.4 Å². The first-order valence-electron chi connectivity index (χ1n) is 11.2. The molecule has 1 aromatic carbocycles. The van der Waals surface area contributed by atoms with Gasteiger partial charge >= 0.3 is 5.97 Å². The van der Waals surface area contributed by atoms with E-state index >= 15 is 0 Å². The van der Waals surface area contributed by atoms with Crippen molar-refractivity contribution in [2.24, 2.45) is 11.7 Å². The number of carbonyl (C=O) groups excluding carboxylic acids is 1. The van der Waals surface area contributed by atoms with E-state index in [1.54, 1.807) is 11.8 Å². The fraction of sp³-hybridized carbons (Fsp3) is 0.652. The highest BCUT2D eigenvalue weighted by Crippen LogP contribution is 2.13. The minimum absolute atomic E-state index is 0.0384. The molecule has 0 spiro atoms. The third-order valence-electron chi connectivity index (χ3n) is 5.52. The van der Waals surface area contributed by atoms with Crippen molar-refractivity contribution < 1.29 is 14.7 Å². The monoisotopic (exact) mass is 484 g/mol. The predicted octanol–water partition coefficient (Wildman–Crippen LogP) is 2.07. The van der Waals surface area contributed by atoms with Crippen molar-refractivity contribution in [2.75, 3.05) is 37.4 Å². The topological polar surface area (TPSA) is 108 Å². The average molecular weight is 485 g/mol. The fourth-order valence-corrected chi connectivity index (χ4v) is 3.94. The van der Waals surface area contributed by atoms with Crippen molar-refractivity contribution in [2.45, 2.75) is 51.4 Å². The number of carboxylic acid groups (broad SMARTS) is 1. The van der Waals surface area contributed by atoms with E-state index in [2.05, 4.69) is 42.0 Å². The highest BCUT2D eigenvalue weighted by molar-refractivity contribution is 7.98.